The molecule has 4 aromatic carbocycles. The van der Waals surface area contributed by atoms with E-state index in [0.717, 1.165) is 27.2 Å². The Morgan fingerprint density at radius 3 is 2.14 bits per heavy atom. The Morgan fingerprint density at radius 2 is 1.45 bits per heavy atom. The molecule has 3 N–H and O–H groups in total. The molecule has 0 aliphatic heterocycles. The van der Waals surface area contributed by atoms with Crippen LogP contribution in [0.1, 0.15) is 6.92 Å². The summed E-state index contributed by atoms with van der Waals surface area (Å²) in [6, 6.07) is 12.6. The van der Waals surface area contributed by atoms with Crippen LogP contribution in [0.3, 0.4) is 0 Å². The number of benzene rings is 4. The van der Waals surface area contributed by atoms with Gasteiger partial charge in [-0.2, -0.15) is 0 Å². The lowest BCUT2D eigenvalue weighted by Gasteiger charge is -2.15. The highest BCUT2D eigenvalue weighted by atomic mass is 16.3. The highest BCUT2D eigenvalue weighted by Gasteiger charge is 2.15. The zero-order valence-corrected chi connectivity index (χ0v) is 11.8. The van der Waals surface area contributed by atoms with Crippen molar-refractivity contribution in [1.82, 2.24) is 0 Å². The Bertz CT molecular complexity index is 1030. The van der Waals surface area contributed by atoms with E-state index in [2.05, 4.69) is 5.32 Å². The maximum absolute atomic E-state index is 11.4. The summed E-state index contributed by atoms with van der Waals surface area (Å²) in [6.07, 6.45) is 0. The summed E-state index contributed by atoms with van der Waals surface area (Å²) >= 11 is 0. The third-order valence-corrected chi connectivity index (χ3v) is 4.05. The summed E-state index contributed by atoms with van der Waals surface area (Å²) in [5.74, 6) is -0.0469. The van der Waals surface area contributed by atoms with Gasteiger partial charge in [-0.1, -0.05) is 18.2 Å². The van der Waals surface area contributed by atoms with Gasteiger partial charge in [0.15, 0.2) is 0 Å². The number of carbonyl (C=O) groups is 1. The third kappa shape index (κ3) is 1.61. The average Bonchev–Trinajstić information content (AvgIpc) is 2.48. The fourth-order valence-corrected chi connectivity index (χ4v) is 3.16. The van der Waals surface area contributed by atoms with Gasteiger partial charge in [-0.25, -0.2) is 0 Å². The molecule has 0 aliphatic rings. The summed E-state index contributed by atoms with van der Waals surface area (Å²) in [4.78, 5) is 11.4. The second kappa shape index (κ2) is 4.24. The Morgan fingerprint density at radius 1 is 0.864 bits per heavy atom. The molecule has 0 radical (unpaired) electrons. The van der Waals surface area contributed by atoms with Crippen molar-refractivity contribution in [3.8, 4) is 11.5 Å². The summed E-state index contributed by atoms with van der Waals surface area (Å²) in [6.45, 7) is 1.47. The zero-order chi connectivity index (χ0) is 15.4. The molecule has 0 atom stereocenters. The van der Waals surface area contributed by atoms with Crippen molar-refractivity contribution in [1.29, 1.82) is 0 Å². The van der Waals surface area contributed by atoms with Crippen LogP contribution in [0.5, 0.6) is 11.5 Å². The lowest BCUT2D eigenvalue weighted by atomic mass is 9.92. The van der Waals surface area contributed by atoms with Gasteiger partial charge >= 0.3 is 0 Å². The van der Waals surface area contributed by atoms with Crippen LogP contribution in [0.4, 0.5) is 5.69 Å². The second-order valence-corrected chi connectivity index (χ2v) is 5.46. The summed E-state index contributed by atoms with van der Waals surface area (Å²) in [5.41, 5.74) is 0.720. The van der Waals surface area contributed by atoms with E-state index in [1.54, 1.807) is 0 Å². The first-order valence-corrected chi connectivity index (χ1v) is 6.96. The SMILES string of the molecule is CC(=O)Nc1ccc2ccc3c(O)cc(O)c4ccc1c2c34. The Labute approximate surface area is 125 Å². The molecule has 0 unspecified atom stereocenters. The van der Waals surface area contributed by atoms with Crippen molar-refractivity contribution in [2.45, 2.75) is 6.92 Å². The molecular weight excluding hydrogens is 278 g/mol. The molecule has 0 saturated carbocycles. The number of nitrogens with one attached hydrogen (secondary N) is 1. The number of aromatic hydroxyl groups is 2. The van der Waals surface area contributed by atoms with Crippen LogP contribution in [-0.4, -0.2) is 16.1 Å². The minimum absolute atomic E-state index is 0.0457. The van der Waals surface area contributed by atoms with E-state index < -0.39 is 0 Å². The van der Waals surface area contributed by atoms with Crippen LogP contribution in [0, 0.1) is 0 Å². The van der Waals surface area contributed by atoms with Gasteiger partial charge in [-0.3, -0.25) is 4.79 Å². The Kier molecular flexibility index (Phi) is 2.45. The number of phenolic OH excluding ortho intramolecular Hbond substituents is 2. The molecule has 22 heavy (non-hydrogen) atoms. The second-order valence-electron chi connectivity index (χ2n) is 5.46. The van der Waals surface area contributed by atoms with Gasteiger partial charge in [-0.05, 0) is 29.0 Å². The fraction of sp³-hybridized carbons (Fsp3) is 0.0556. The van der Waals surface area contributed by atoms with Crippen molar-refractivity contribution in [3.05, 3.63) is 42.5 Å². The molecule has 108 valence electrons. The quantitative estimate of drug-likeness (QED) is 0.465. The molecule has 0 saturated heterocycles. The fourth-order valence-electron chi connectivity index (χ4n) is 3.16. The number of amides is 1. The van der Waals surface area contributed by atoms with Gasteiger partial charge in [0.1, 0.15) is 11.5 Å². The number of hydrogen-bond acceptors (Lipinski definition) is 3. The summed E-state index contributed by atoms with van der Waals surface area (Å²) in [7, 11) is 0. The van der Waals surface area contributed by atoms with E-state index in [0.29, 0.717) is 10.8 Å². The van der Waals surface area contributed by atoms with Crippen LogP contribution >= 0.6 is 0 Å². The smallest absolute Gasteiger partial charge is 0.221 e. The first kappa shape index (κ1) is 12.7. The van der Waals surface area contributed by atoms with Crippen LogP contribution < -0.4 is 5.32 Å². The molecule has 0 spiro atoms. The molecule has 4 heteroatoms. The molecule has 0 aromatic heterocycles. The largest absolute Gasteiger partial charge is 0.507 e. The monoisotopic (exact) mass is 291 g/mol. The first-order valence-electron chi connectivity index (χ1n) is 6.96. The van der Waals surface area contributed by atoms with E-state index >= 15 is 0 Å². The molecule has 0 heterocycles. The van der Waals surface area contributed by atoms with Gasteiger partial charge in [-0.15, -0.1) is 0 Å². The van der Waals surface area contributed by atoms with Crippen molar-refractivity contribution in [2.24, 2.45) is 0 Å². The maximum atomic E-state index is 11.4. The van der Waals surface area contributed by atoms with Gasteiger partial charge in [0.25, 0.3) is 0 Å². The van der Waals surface area contributed by atoms with Crippen LogP contribution in [0.25, 0.3) is 32.3 Å². The predicted molar refractivity (Wildman–Crippen MR) is 87.8 cm³/mol. The Balaban J connectivity index is 2.26. The Hall–Kier alpha value is -3.01. The molecule has 4 aromatic rings. The normalized spacial score (nSPS) is 11.5. The van der Waals surface area contributed by atoms with Crippen molar-refractivity contribution < 1.29 is 15.0 Å². The lowest BCUT2D eigenvalue weighted by Crippen LogP contribution is -2.06. The molecule has 4 rings (SSSR count). The number of carbonyl (C=O) groups excluding carboxylic acids is 1. The van der Waals surface area contributed by atoms with Crippen molar-refractivity contribution >= 4 is 43.9 Å². The maximum Gasteiger partial charge on any atom is 0.221 e. The van der Waals surface area contributed by atoms with Crippen LogP contribution in [0.15, 0.2) is 42.5 Å². The van der Waals surface area contributed by atoms with E-state index in [9.17, 15) is 15.0 Å². The van der Waals surface area contributed by atoms with Gasteiger partial charge < -0.3 is 15.5 Å². The minimum Gasteiger partial charge on any atom is -0.507 e. The topological polar surface area (TPSA) is 69.6 Å². The third-order valence-electron chi connectivity index (χ3n) is 4.05. The van der Waals surface area contributed by atoms with Crippen LogP contribution in [-0.2, 0) is 4.79 Å². The number of hydrogen-bond donors (Lipinski definition) is 3. The zero-order valence-electron chi connectivity index (χ0n) is 11.8. The highest BCUT2D eigenvalue weighted by molar-refractivity contribution is 6.27. The lowest BCUT2D eigenvalue weighted by molar-refractivity contribution is -0.114. The predicted octanol–water partition coefficient (Wildman–Crippen LogP) is 3.95. The van der Waals surface area contributed by atoms with E-state index in [1.165, 1.54) is 13.0 Å². The standard InChI is InChI=1S/C18H13NO3/c1-9(20)19-14-7-3-10-2-4-12-15(21)8-16(22)13-6-5-11(14)17(10)18(12)13/h2-8,21-22H,1H3,(H,19,20). The molecule has 1 amide bonds. The van der Waals surface area contributed by atoms with Gasteiger partial charge in [0.05, 0.1) is 0 Å². The van der Waals surface area contributed by atoms with Gasteiger partial charge in [0.2, 0.25) is 5.91 Å². The molecule has 0 bridgehead atoms. The van der Waals surface area contributed by atoms with Crippen molar-refractivity contribution in [2.75, 3.05) is 5.32 Å². The molecular formula is C18H13NO3. The van der Waals surface area contributed by atoms with E-state index in [-0.39, 0.29) is 17.4 Å². The van der Waals surface area contributed by atoms with Crippen molar-refractivity contribution in [3.63, 3.8) is 0 Å². The number of rotatable bonds is 1. The number of phenols is 2. The van der Waals surface area contributed by atoms with Gasteiger partial charge in [0, 0.05) is 40.2 Å². The molecule has 0 aliphatic carbocycles. The summed E-state index contributed by atoms with van der Waals surface area (Å²) in [5, 5.41) is 28.0. The number of anilines is 1. The van der Waals surface area contributed by atoms with E-state index in [1.807, 2.05) is 36.4 Å². The molecule has 0 fully saturated rings. The minimum atomic E-state index is -0.138. The summed E-state index contributed by atoms with van der Waals surface area (Å²) < 4.78 is 0. The molecule has 4 nitrogen and oxygen atoms in total. The van der Waals surface area contributed by atoms with Crippen LogP contribution in [0.2, 0.25) is 0 Å². The van der Waals surface area contributed by atoms with E-state index in [4.69, 9.17) is 0 Å². The first-order chi connectivity index (χ1) is 10.6. The average molecular weight is 291 g/mol. The highest BCUT2D eigenvalue weighted by Crippen LogP contribution is 2.43.